The molecule has 4 nitrogen and oxygen atoms in total. The van der Waals surface area contributed by atoms with Gasteiger partial charge in [0.05, 0.1) is 6.42 Å². The van der Waals surface area contributed by atoms with Crippen molar-refractivity contribution in [2.75, 3.05) is 0 Å². The number of halogens is 2. The van der Waals surface area contributed by atoms with Crippen molar-refractivity contribution in [3.05, 3.63) is 33.3 Å². The van der Waals surface area contributed by atoms with Crippen molar-refractivity contribution in [1.82, 2.24) is 5.32 Å². The van der Waals surface area contributed by atoms with Gasteiger partial charge in [-0.1, -0.05) is 40.9 Å². The smallest absolute Gasteiger partial charge is 0.305 e. The minimum Gasteiger partial charge on any atom is -0.481 e. The summed E-state index contributed by atoms with van der Waals surface area (Å²) < 4.78 is 0.704. The maximum atomic E-state index is 12.0. The first-order chi connectivity index (χ1) is 8.92. The lowest BCUT2D eigenvalue weighted by Gasteiger charge is -2.16. The van der Waals surface area contributed by atoms with E-state index in [2.05, 4.69) is 21.2 Å². The van der Waals surface area contributed by atoms with Crippen molar-refractivity contribution in [1.29, 1.82) is 0 Å². The van der Waals surface area contributed by atoms with Gasteiger partial charge in [0, 0.05) is 21.1 Å². The molecule has 0 radical (unpaired) electrons. The Hall–Kier alpha value is -1.07. The number of carboxylic acids is 1. The third-order valence-electron chi connectivity index (χ3n) is 2.52. The summed E-state index contributed by atoms with van der Waals surface area (Å²) in [6.45, 7) is 1.94. The van der Waals surface area contributed by atoms with Crippen molar-refractivity contribution in [2.24, 2.45) is 0 Å². The largest absolute Gasteiger partial charge is 0.481 e. The van der Waals surface area contributed by atoms with Crippen LogP contribution >= 0.6 is 27.5 Å². The molecule has 1 atom stereocenters. The van der Waals surface area contributed by atoms with Crippen molar-refractivity contribution in [3.63, 3.8) is 0 Å². The molecule has 1 amide bonds. The van der Waals surface area contributed by atoms with Gasteiger partial charge < -0.3 is 10.4 Å². The molecular weight excluding hydrogens is 334 g/mol. The molecule has 1 aromatic carbocycles. The van der Waals surface area contributed by atoms with Gasteiger partial charge in [0.2, 0.25) is 0 Å². The number of aliphatic carboxylic acids is 1. The highest BCUT2D eigenvalue weighted by Gasteiger charge is 2.16. The molecule has 0 heterocycles. The van der Waals surface area contributed by atoms with Crippen LogP contribution in [0.15, 0.2) is 22.7 Å². The van der Waals surface area contributed by atoms with Gasteiger partial charge >= 0.3 is 5.97 Å². The average Bonchev–Trinajstić information content (AvgIpc) is 2.26. The fraction of sp³-hybridized carbons (Fsp3) is 0.385. The number of amides is 1. The zero-order valence-electron chi connectivity index (χ0n) is 10.5. The molecule has 1 rings (SSSR count). The Kier molecular flexibility index (Phi) is 6.31. The predicted molar refractivity (Wildman–Crippen MR) is 77.6 cm³/mol. The second kappa shape index (κ2) is 7.50. The van der Waals surface area contributed by atoms with E-state index in [9.17, 15) is 9.59 Å². The summed E-state index contributed by atoms with van der Waals surface area (Å²) in [5, 5.41) is 12.0. The fourth-order valence-electron chi connectivity index (χ4n) is 1.74. The quantitative estimate of drug-likeness (QED) is 0.827. The highest BCUT2D eigenvalue weighted by Crippen LogP contribution is 2.19. The summed E-state index contributed by atoms with van der Waals surface area (Å²) in [6.07, 6.45) is 1.35. The molecule has 0 bridgehead atoms. The lowest BCUT2D eigenvalue weighted by molar-refractivity contribution is -0.137. The fourth-order valence-corrected chi connectivity index (χ4v) is 2.60. The molecular formula is C13H15BrClNO3. The maximum Gasteiger partial charge on any atom is 0.305 e. The summed E-state index contributed by atoms with van der Waals surface area (Å²) in [5.74, 6) is -1.24. The van der Waals surface area contributed by atoms with E-state index in [0.29, 0.717) is 21.5 Å². The number of rotatable bonds is 6. The second-order valence-corrected chi connectivity index (χ2v) is 5.57. The Balaban J connectivity index is 2.77. The van der Waals surface area contributed by atoms with E-state index in [1.165, 1.54) is 0 Å². The lowest BCUT2D eigenvalue weighted by Crippen LogP contribution is -2.36. The van der Waals surface area contributed by atoms with Crippen LogP contribution in [0.2, 0.25) is 5.02 Å². The monoisotopic (exact) mass is 347 g/mol. The van der Waals surface area contributed by atoms with Crippen LogP contribution in [0.1, 0.15) is 36.5 Å². The van der Waals surface area contributed by atoms with Crippen LogP contribution in [0, 0.1) is 0 Å². The van der Waals surface area contributed by atoms with Crippen LogP contribution in [-0.2, 0) is 4.79 Å². The summed E-state index contributed by atoms with van der Waals surface area (Å²) >= 11 is 9.13. The van der Waals surface area contributed by atoms with Gasteiger partial charge in [0.25, 0.3) is 5.91 Å². The van der Waals surface area contributed by atoms with E-state index in [4.69, 9.17) is 16.7 Å². The van der Waals surface area contributed by atoms with Gasteiger partial charge in [-0.3, -0.25) is 9.59 Å². The number of carbonyl (C=O) groups is 2. The van der Waals surface area contributed by atoms with E-state index in [1.807, 2.05) is 6.92 Å². The maximum absolute atomic E-state index is 12.0. The molecule has 0 spiro atoms. The number of hydrogen-bond acceptors (Lipinski definition) is 2. The van der Waals surface area contributed by atoms with Crippen molar-refractivity contribution < 1.29 is 14.7 Å². The summed E-state index contributed by atoms with van der Waals surface area (Å²) in [4.78, 5) is 22.8. The average molecular weight is 349 g/mol. The zero-order chi connectivity index (χ0) is 14.4. The van der Waals surface area contributed by atoms with E-state index in [1.54, 1.807) is 18.2 Å². The van der Waals surface area contributed by atoms with E-state index < -0.39 is 5.97 Å². The topological polar surface area (TPSA) is 66.4 Å². The Morgan fingerprint density at radius 3 is 2.63 bits per heavy atom. The molecule has 1 unspecified atom stereocenters. The molecule has 0 aliphatic heterocycles. The highest BCUT2D eigenvalue weighted by atomic mass is 79.9. The first-order valence-corrected chi connectivity index (χ1v) is 7.08. The van der Waals surface area contributed by atoms with E-state index >= 15 is 0 Å². The standard InChI is InChI=1S/C13H15BrClNO3/c1-2-3-11(7-12(17)18)16-13(19)8-4-9(14)6-10(15)5-8/h4-6,11H,2-3,7H2,1H3,(H,16,19)(H,17,18). The van der Waals surface area contributed by atoms with Crippen molar-refractivity contribution in [2.45, 2.75) is 32.2 Å². The molecule has 0 fully saturated rings. The summed E-state index contributed by atoms with van der Waals surface area (Å²) in [7, 11) is 0. The van der Waals surface area contributed by atoms with Gasteiger partial charge in [-0.15, -0.1) is 0 Å². The molecule has 0 saturated heterocycles. The molecule has 0 aliphatic rings. The molecule has 19 heavy (non-hydrogen) atoms. The molecule has 6 heteroatoms. The lowest BCUT2D eigenvalue weighted by atomic mass is 10.1. The molecule has 1 aromatic rings. The van der Waals surface area contributed by atoms with Gasteiger partial charge in [0.1, 0.15) is 0 Å². The third-order valence-corrected chi connectivity index (χ3v) is 3.19. The van der Waals surface area contributed by atoms with Crippen LogP contribution in [0.3, 0.4) is 0 Å². The van der Waals surface area contributed by atoms with Crippen LogP contribution < -0.4 is 5.32 Å². The van der Waals surface area contributed by atoms with E-state index in [-0.39, 0.29) is 18.4 Å². The van der Waals surface area contributed by atoms with E-state index in [0.717, 1.165) is 6.42 Å². The molecule has 0 saturated carbocycles. The Labute approximate surface area is 125 Å². The SMILES string of the molecule is CCCC(CC(=O)O)NC(=O)c1cc(Cl)cc(Br)c1. The number of nitrogens with one attached hydrogen (secondary N) is 1. The second-order valence-electron chi connectivity index (χ2n) is 4.22. The highest BCUT2D eigenvalue weighted by molar-refractivity contribution is 9.10. The summed E-state index contributed by atoms with van der Waals surface area (Å²) in [6, 6.07) is 4.50. The number of carboxylic acid groups (broad SMARTS) is 1. The van der Waals surface area contributed by atoms with Gasteiger partial charge in [0.15, 0.2) is 0 Å². The minimum atomic E-state index is -0.925. The first-order valence-electron chi connectivity index (χ1n) is 5.91. The third kappa shape index (κ3) is 5.61. The van der Waals surface area contributed by atoms with Crippen molar-refractivity contribution in [3.8, 4) is 0 Å². The van der Waals surface area contributed by atoms with Gasteiger partial charge in [-0.2, -0.15) is 0 Å². The normalized spacial score (nSPS) is 11.9. The van der Waals surface area contributed by atoms with Gasteiger partial charge in [-0.05, 0) is 24.6 Å². The predicted octanol–water partition coefficient (Wildman–Crippen LogP) is 3.48. The summed E-state index contributed by atoms with van der Waals surface area (Å²) in [5.41, 5.74) is 0.408. The Morgan fingerprint density at radius 2 is 2.11 bits per heavy atom. The zero-order valence-corrected chi connectivity index (χ0v) is 12.8. The van der Waals surface area contributed by atoms with Crippen LogP contribution in [-0.4, -0.2) is 23.0 Å². The minimum absolute atomic E-state index is 0.0820. The van der Waals surface area contributed by atoms with Crippen LogP contribution in [0.4, 0.5) is 0 Å². The van der Waals surface area contributed by atoms with Gasteiger partial charge in [-0.25, -0.2) is 0 Å². The number of hydrogen-bond donors (Lipinski definition) is 2. The van der Waals surface area contributed by atoms with Crippen molar-refractivity contribution >= 4 is 39.4 Å². The number of benzene rings is 1. The Morgan fingerprint density at radius 1 is 1.42 bits per heavy atom. The van der Waals surface area contributed by atoms with Crippen LogP contribution in [0.25, 0.3) is 0 Å². The molecule has 0 aliphatic carbocycles. The Bertz CT molecular complexity index is 459. The molecule has 2 N–H and O–H groups in total. The first kappa shape index (κ1) is 16.0. The van der Waals surface area contributed by atoms with Crippen LogP contribution in [0.5, 0.6) is 0 Å². The number of carbonyl (C=O) groups excluding carboxylic acids is 1. The molecule has 0 aromatic heterocycles. The molecule has 104 valence electrons.